The minimum atomic E-state index is -3.67. The van der Waals surface area contributed by atoms with Gasteiger partial charge in [0.15, 0.2) is 0 Å². The van der Waals surface area contributed by atoms with Gasteiger partial charge in [-0.3, -0.25) is 0 Å². The molecule has 2 rings (SSSR count). The molecule has 0 aliphatic heterocycles. The zero-order chi connectivity index (χ0) is 11.6. The van der Waals surface area contributed by atoms with Crippen LogP contribution < -0.4 is 5.14 Å². The maximum Gasteiger partial charge on any atom is 0.238 e. The number of benzene rings is 1. The summed E-state index contributed by atoms with van der Waals surface area (Å²) < 4.78 is 22.7. The quantitative estimate of drug-likeness (QED) is 0.821. The highest BCUT2D eigenvalue weighted by molar-refractivity contribution is 7.89. The van der Waals surface area contributed by atoms with Gasteiger partial charge in [0.2, 0.25) is 10.0 Å². The van der Waals surface area contributed by atoms with Gasteiger partial charge in [-0.2, -0.15) is 0 Å². The smallest absolute Gasteiger partial charge is 0.238 e. The fourth-order valence-electron chi connectivity index (χ4n) is 1.51. The van der Waals surface area contributed by atoms with E-state index in [0.717, 1.165) is 5.69 Å². The van der Waals surface area contributed by atoms with Gasteiger partial charge < -0.3 is 4.98 Å². The Kier molecular flexibility index (Phi) is 2.76. The second kappa shape index (κ2) is 4.07. The fourth-order valence-corrected chi connectivity index (χ4v) is 2.29. The predicted molar refractivity (Wildman–Crippen MR) is 59.2 cm³/mol. The first kappa shape index (κ1) is 10.8. The number of aromatic amines is 1. The third-order valence-corrected chi connectivity index (χ3v) is 3.23. The van der Waals surface area contributed by atoms with Crippen LogP contribution in [0.25, 0.3) is 0 Å². The first-order chi connectivity index (χ1) is 7.57. The summed E-state index contributed by atoms with van der Waals surface area (Å²) in [6.07, 6.45) is 3.67. The molecular formula is C10H11N3O2S. The van der Waals surface area contributed by atoms with Crippen molar-refractivity contribution in [2.75, 3.05) is 0 Å². The standard InChI is InChI=1S/C10H11N3O2S/c11-16(14,15)10-4-2-1-3-8(10)5-9-6-12-7-13-9/h1-4,6-7H,5H2,(H,12,13)(H2,11,14,15). The molecule has 0 atom stereocenters. The molecule has 2 aromatic rings. The zero-order valence-corrected chi connectivity index (χ0v) is 9.24. The monoisotopic (exact) mass is 237 g/mol. The van der Waals surface area contributed by atoms with E-state index >= 15 is 0 Å². The van der Waals surface area contributed by atoms with Crippen molar-refractivity contribution in [1.29, 1.82) is 0 Å². The molecule has 0 unspecified atom stereocenters. The van der Waals surface area contributed by atoms with Gasteiger partial charge in [-0.05, 0) is 11.6 Å². The second-order valence-electron chi connectivity index (χ2n) is 3.41. The average Bonchev–Trinajstić information content (AvgIpc) is 2.70. The lowest BCUT2D eigenvalue weighted by molar-refractivity contribution is 0.597. The summed E-state index contributed by atoms with van der Waals surface area (Å²) in [4.78, 5) is 6.95. The van der Waals surface area contributed by atoms with Crippen LogP contribution in [0.2, 0.25) is 0 Å². The average molecular weight is 237 g/mol. The van der Waals surface area contributed by atoms with Crippen LogP contribution in [0.5, 0.6) is 0 Å². The maximum absolute atomic E-state index is 11.3. The van der Waals surface area contributed by atoms with E-state index < -0.39 is 10.0 Å². The number of nitrogens with two attached hydrogens (primary N) is 1. The molecule has 5 nitrogen and oxygen atoms in total. The third kappa shape index (κ3) is 2.29. The second-order valence-corrected chi connectivity index (χ2v) is 4.94. The Morgan fingerprint density at radius 1 is 1.31 bits per heavy atom. The number of primary sulfonamides is 1. The van der Waals surface area contributed by atoms with E-state index in [1.165, 1.54) is 6.07 Å². The van der Waals surface area contributed by atoms with E-state index in [-0.39, 0.29) is 4.90 Å². The Hall–Kier alpha value is -1.66. The minimum Gasteiger partial charge on any atom is -0.348 e. The van der Waals surface area contributed by atoms with Gasteiger partial charge in [0.1, 0.15) is 0 Å². The van der Waals surface area contributed by atoms with Crippen LogP contribution in [0, 0.1) is 0 Å². The molecule has 84 valence electrons. The molecule has 1 aromatic carbocycles. The number of sulfonamides is 1. The lowest BCUT2D eigenvalue weighted by atomic mass is 10.1. The molecule has 1 aromatic heterocycles. The van der Waals surface area contributed by atoms with E-state index in [9.17, 15) is 8.42 Å². The van der Waals surface area contributed by atoms with Crippen molar-refractivity contribution in [3.63, 3.8) is 0 Å². The van der Waals surface area contributed by atoms with Crippen molar-refractivity contribution in [2.45, 2.75) is 11.3 Å². The topological polar surface area (TPSA) is 88.8 Å². The first-order valence-corrected chi connectivity index (χ1v) is 6.20. The van der Waals surface area contributed by atoms with Crippen molar-refractivity contribution in [1.82, 2.24) is 9.97 Å². The van der Waals surface area contributed by atoms with Gasteiger partial charge >= 0.3 is 0 Å². The molecule has 0 fully saturated rings. The number of aromatic nitrogens is 2. The van der Waals surface area contributed by atoms with E-state index in [1.54, 1.807) is 30.7 Å². The van der Waals surface area contributed by atoms with Crippen molar-refractivity contribution in [3.05, 3.63) is 48.0 Å². The Morgan fingerprint density at radius 3 is 2.69 bits per heavy atom. The largest absolute Gasteiger partial charge is 0.348 e. The van der Waals surface area contributed by atoms with Crippen molar-refractivity contribution in [3.8, 4) is 0 Å². The third-order valence-electron chi connectivity index (χ3n) is 2.21. The summed E-state index contributed by atoms with van der Waals surface area (Å²) in [5.74, 6) is 0. The summed E-state index contributed by atoms with van der Waals surface area (Å²) in [6.45, 7) is 0. The van der Waals surface area contributed by atoms with Crippen LogP contribution in [0.15, 0.2) is 41.7 Å². The molecule has 1 heterocycles. The summed E-state index contributed by atoms with van der Waals surface area (Å²) in [5.41, 5.74) is 1.50. The number of nitrogens with one attached hydrogen (secondary N) is 1. The number of rotatable bonds is 3. The summed E-state index contributed by atoms with van der Waals surface area (Å²) in [5, 5.41) is 5.13. The van der Waals surface area contributed by atoms with Crippen molar-refractivity contribution < 1.29 is 8.42 Å². The predicted octanol–water partition coefficient (Wildman–Crippen LogP) is 0.648. The van der Waals surface area contributed by atoms with Gasteiger partial charge in [0.05, 0.1) is 11.2 Å². The molecule has 3 N–H and O–H groups in total. The van der Waals surface area contributed by atoms with E-state index in [2.05, 4.69) is 9.97 Å². The molecule has 6 heteroatoms. The number of hydrogen-bond donors (Lipinski definition) is 2. The van der Waals surface area contributed by atoms with Gasteiger partial charge in [0.25, 0.3) is 0 Å². The summed E-state index contributed by atoms with van der Waals surface area (Å²) in [6, 6.07) is 6.66. The molecule has 0 amide bonds. The highest BCUT2D eigenvalue weighted by Gasteiger charge is 2.13. The van der Waals surface area contributed by atoms with Gasteiger partial charge in [0, 0.05) is 18.3 Å². The Labute approximate surface area is 93.4 Å². The lowest BCUT2D eigenvalue weighted by Gasteiger charge is -2.05. The minimum absolute atomic E-state index is 0.157. The number of H-pyrrole nitrogens is 1. The zero-order valence-electron chi connectivity index (χ0n) is 8.42. The van der Waals surface area contributed by atoms with E-state index in [4.69, 9.17) is 5.14 Å². The van der Waals surface area contributed by atoms with E-state index in [0.29, 0.717) is 12.0 Å². The maximum atomic E-state index is 11.3. The van der Waals surface area contributed by atoms with Crippen molar-refractivity contribution in [2.24, 2.45) is 5.14 Å². The van der Waals surface area contributed by atoms with E-state index in [1.807, 2.05) is 0 Å². The van der Waals surface area contributed by atoms with Crippen LogP contribution in [0.1, 0.15) is 11.3 Å². The summed E-state index contributed by atoms with van der Waals surface area (Å²) in [7, 11) is -3.67. The molecule has 16 heavy (non-hydrogen) atoms. The molecule has 0 aliphatic carbocycles. The molecule has 0 bridgehead atoms. The Bertz CT molecular complexity index is 576. The number of nitrogens with zero attached hydrogens (tertiary/aromatic N) is 1. The van der Waals surface area contributed by atoms with Crippen LogP contribution in [0.3, 0.4) is 0 Å². The number of hydrogen-bond acceptors (Lipinski definition) is 3. The first-order valence-electron chi connectivity index (χ1n) is 4.65. The molecule has 0 spiro atoms. The molecule has 0 radical (unpaired) electrons. The molecule has 0 saturated heterocycles. The normalized spacial score (nSPS) is 11.6. The molecule has 0 aliphatic rings. The molecular weight excluding hydrogens is 226 g/mol. The van der Waals surface area contributed by atoms with Gasteiger partial charge in [-0.15, -0.1) is 0 Å². The molecule has 0 saturated carbocycles. The lowest BCUT2D eigenvalue weighted by Crippen LogP contribution is -2.14. The van der Waals surface area contributed by atoms with Crippen LogP contribution in [0.4, 0.5) is 0 Å². The van der Waals surface area contributed by atoms with Crippen LogP contribution >= 0.6 is 0 Å². The van der Waals surface area contributed by atoms with Gasteiger partial charge in [-0.1, -0.05) is 18.2 Å². The SMILES string of the molecule is NS(=O)(=O)c1ccccc1Cc1cnc[nH]1. The van der Waals surface area contributed by atoms with Crippen LogP contribution in [-0.2, 0) is 16.4 Å². The van der Waals surface area contributed by atoms with Gasteiger partial charge in [-0.25, -0.2) is 18.5 Å². The van der Waals surface area contributed by atoms with Crippen molar-refractivity contribution >= 4 is 10.0 Å². The Morgan fingerprint density at radius 2 is 2.06 bits per heavy atom. The number of imidazole rings is 1. The highest BCUT2D eigenvalue weighted by Crippen LogP contribution is 2.16. The highest BCUT2D eigenvalue weighted by atomic mass is 32.2. The fraction of sp³-hybridized carbons (Fsp3) is 0.100. The van der Waals surface area contributed by atoms with Crippen LogP contribution in [-0.4, -0.2) is 18.4 Å². The Balaban J connectivity index is 2.42. The summed E-state index contributed by atoms with van der Waals surface area (Å²) >= 11 is 0.